The highest BCUT2D eigenvalue weighted by Crippen LogP contribution is 2.44. The van der Waals surface area contributed by atoms with E-state index in [2.05, 4.69) is 25.1 Å². The third-order valence-corrected chi connectivity index (χ3v) is 5.53. The molecular weight excluding hydrogens is 368 g/mol. The Kier molecular flexibility index (Phi) is 4.20. The molecule has 2 N–H and O–H groups in total. The van der Waals surface area contributed by atoms with Gasteiger partial charge in [0.15, 0.2) is 16.6 Å². The van der Waals surface area contributed by atoms with Gasteiger partial charge in [0.2, 0.25) is 5.91 Å². The van der Waals surface area contributed by atoms with Gasteiger partial charge in [-0.2, -0.15) is 0 Å². The van der Waals surface area contributed by atoms with Gasteiger partial charge in [0.25, 0.3) is 0 Å². The number of nitrogens with one attached hydrogen (secondary N) is 2. The summed E-state index contributed by atoms with van der Waals surface area (Å²) in [4.78, 5) is 17.2. The summed E-state index contributed by atoms with van der Waals surface area (Å²) in [6, 6.07) is 2.82. The monoisotopic (exact) mass is 385 g/mol. The highest BCUT2D eigenvalue weighted by atomic mass is 32.1. The second-order valence-corrected chi connectivity index (χ2v) is 7.40. The van der Waals surface area contributed by atoms with Crippen molar-refractivity contribution in [3.05, 3.63) is 12.1 Å². The Balaban J connectivity index is 1.57. The van der Waals surface area contributed by atoms with E-state index in [1.807, 2.05) is 0 Å². The van der Waals surface area contributed by atoms with Crippen LogP contribution >= 0.6 is 11.3 Å². The number of thiazole rings is 1. The third kappa shape index (κ3) is 3.08. The Morgan fingerprint density at radius 2 is 2.04 bits per heavy atom. The fourth-order valence-corrected chi connectivity index (χ4v) is 4.15. The van der Waals surface area contributed by atoms with E-state index in [0.717, 1.165) is 13.1 Å². The van der Waals surface area contributed by atoms with Crippen molar-refractivity contribution in [2.75, 3.05) is 32.1 Å². The number of aromatic nitrogens is 1. The number of hydrogen-bond donors (Lipinski definition) is 2. The first-order valence-electron chi connectivity index (χ1n) is 8.12. The van der Waals surface area contributed by atoms with Crippen molar-refractivity contribution in [3.8, 4) is 11.5 Å². The van der Waals surface area contributed by atoms with Crippen LogP contribution in [-0.4, -0.2) is 44.0 Å². The number of rotatable bonds is 4. The number of halogens is 2. The molecule has 1 amide bonds. The van der Waals surface area contributed by atoms with Crippen LogP contribution in [0.5, 0.6) is 11.5 Å². The maximum absolute atomic E-state index is 13.1. The molecule has 26 heavy (non-hydrogen) atoms. The summed E-state index contributed by atoms with van der Waals surface area (Å²) in [6.07, 6.45) is -2.32. The minimum atomic E-state index is -3.66. The first-order chi connectivity index (χ1) is 12.4. The van der Waals surface area contributed by atoms with Crippen molar-refractivity contribution >= 4 is 32.6 Å². The number of ether oxygens (including phenoxy) is 3. The molecule has 140 valence electrons. The molecule has 0 unspecified atom stereocenters. The van der Waals surface area contributed by atoms with Gasteiger partial charge in [-0.25, -0.2) is 4.98 Å². The molecule has 0 atom stereocenters. The number of benzene rings is 1. The van der Waals surface area contributed by atoms with Crippen LogP contribution in [0.4, 0.5) is 13.9 Å². The Hall–Kier alpha value is -2.04. The molecule has 2 aromatic rings. The number of piperidine rings is 1. The molecule has 3 heterocycles. The third-order valence-electron chi connectivity index (χ3n) is 4.59. The fraction of sp³-hybridized carbons (Fsp3) is 0.500. The maximum Gasteiger partial charge on any atom is 0.586 e. The summed E-state index contributed by atoms with van der Waals surface area (Å²) in [5.41, 5.74) is -0.148. The van der Waals surface area contributed by atoms with E-state index in [-0.39, 0.29) is 17.4 Å². The van der Waals surface area contributed by atoms with Crippen LogP contribution in [0, 0.1) is 5.41 Å². The lowest BCUT2D eigenvalue weighted by atomic mass is 9.79. The molecule has 0 bridgehead atoms. The summed E-state index contributed by atoms with van der Waals surface area (Å²) in [6.45, 7) is 1.81. The van der Waals surface area contributed by atoms with Gasteiger partial charge >= 0.3 is 6.29 Å². The van der Waals surface area contributed by atoms with Gasteiger partial charge in [-0.15, -0.1) is 8.78 Å². The summed E-state index contributed by atoms with van der Waals surface area (Å²) in [5, 5.41) is 6.48. The molecule has 0 saturated carbocycles. The van der Waals surface area contributed by atoms with Crippen molar-refractivity contribution in [2.45, 2.75) is 19.1 Å². The molecule has 1 aromatic heterocycles. The zero-order chi connectivity index (χ0) is 18.4. The summed E-state index contributed by atoms with van der Waals surface area (Å²) < 4.78 is 41.0. The molecule has 1 saturated heterocycles. The number of carbonyl (C=O) groups is 1. The molecule has 0 spiro atoms. The van der Waals surface area contributed by atoms with Crippen LogP contribution in [0.2, 0.25) is 0 Å². The van der Waals surface area contributed by atoms with E-state index in [1.165, 1.54) is 23.5 Å². The number of carbonyl (C=O) groups excluding carboxylic acids is 1. The predicted octanol–water partition coefficient (Wildman–Crippen LogP) is 2.57. The quantitative estimate of drug-likeness (QED) is 0.842. The zero-order valence-electron chi connectivity index (χ0n) is 13.9. The van der Waals surface area contributed by atoms with E-state index < -0.39 is 11.7 Å². The maximum atomic E-state index is 13.1. The van der Waals surface area contributed by atoms with Gasteiger partial charge in [-0.3, -0.25) is 4.79 Å². The summed E-state index contributed by atoms with van der Waals surface area (Å²) in [7, 11) is 1.58. The van der Waals surface area contributed by atoms with E-state index in [9.17, 15) is 13.6 Å². The van der Waals surface area contributed by atoms with Gasteiger partial charge < -0.3 is 24.8 Å². The summed E-state index contributed by atoms with van der Waals surface area (Å²) in [5.74, 6) is -0.260. The Morgan fingerprint density at radius 3 is 2.73 bits per heavy atom. The standard InChI is InChI=1S/C16H17F2N3O4S/c1-23-8-15(2-4-19-5-3-15)13(22)21-14-20-9-6-10-11(7-12(9)26-14)25-16(17,18)24-10/h6-7,19H,2-5,8H2,1H3,(H,20,21,22). The number of nitrogens with zero attached hydrogens (tertiary/aromatic N) is 1. The molecule has 7 nitrogen and oxygen atoms in total. The van der Waals surface area contributed by atoms with Crippen LogP contribution in [0.15, 0.2) is 12.1 Å². The van der Waals surface area contributed by atoms with Gasteiger partial charge in [0.1, 0.15) is 0 Å². The van der Waals surface area contributed by atoms with Gasteiger partial charge in [0.05, 0.1) is 22.2 Å². The average Bonchev–Trinajstić information content (AvgIpc) is 3.10. The van der Waals surface area contributed by atoms with Crippen molar-refractivity contribution in [1.29, 1.82) is 0 Å². The van der Waals surface area contributed by atoms with E-state index in [1.54, 1.807) is 7.11 Å². The SMILES string of the molecule is COCC1(C(=O)Nc2nc3cc4c(cc3s2)OC(F)(F)O4)CCNCC1. The van der Waals surface area contributed by atoms with E-state index in [0.29, 0.717) is 34.8 Å². The van der Waals surface area contributed by atoms with Crippen molar-refractivity contribution in [1.82, 2.24) is 10.3 Å². The lowest BCUT2D eigenvalue weighted by Gasteiger charge is -2.35. The second-order valence-electron chi connectivity index (χ2n) is 6.37. The normalized spacial score (nSPS) is 20.3. The smallest absolute Gasteiger partial charge is 0.395 e. The Bertz CT molecular complexity index is 801. The molecule has 0 radical (unpaired) electrons. The molecule has 1 aromatic carbocycles. The first-order valence-corrected chi connectivity index (χ1v) is 8.94. The van der Waals surface area contributed by atoms with Crippen LogP contribution in [0.3, 0.4) is 0 Å². The molecular formula is C16H17F2N3O4S. The Morgan fingerprint density at radius 1 is 1.35 bits per heavy atom. The molecule has 4 rings (SSSR count). The van der Waals surface area contributed by atoms with Gasteiger partial charge in [-0.05, 0) is 25.9 Å². The van der Waals surface area contributed by atoms with Crippen LogP contribution in [0.25, 0.3) is 10.2 Å². The zero-order valence-corrected chi connectivity index (χ0v) is 14.8. The van der Waals surface area contributed by atoms with E-state index >= 15 is 0 Å². The molecule has 0 aliphatic carbocycles. The van der Waals surface area contributed by atoms with Crippen molar-refractivity contribution in [3.63, 3.8) is 0 Å². The predicted molar refractivity (Wildman–Crippen MR) is 90.9 cm³/mol. The second kappa shape index (κ2) is 6.29. The number of anilines is 1. The van der Waals surface area contributed by atoms with Crippen LogP contribution in [-0.2, 0) is 9.53 Å². The van der Waals surface area contributed by atoms with Crippen molar-refractivity contribution in [2.24, 2.45) is 5.41 Å². The highest BCUT2D eigenvalue weighted by molar-refractivity contribution is 7.22. The minimum absolute atomic E-state index is 0.0433. The average molecular weight is 385 g/mol. The van der Waals surface area contributed by atoms with Crippen LogP contribution in [0.1, 0.15) is 12.8 Å². The number of alkyl halides is 2. The highest BCUT2D eigenvalue weighted by Gasteiger charge is 2.44. The molecule has 2 aliphatic rings. The number of amides is 1. The number of hydrogen-bond acceptors (Lipinski definition) is 7. The minimum Gasteiger partial charge on any atom is -0.395 e. The first kappa shape index (κ1) is 17.4. The molecule has 10 heteroatoms. The fourth-order valence-electron chi connectivity index (χ4n) is 3.27. The lowest BCUT2D eigenvalue weighted by molar-refractivity contribution is -0.286. The summed E-state index contributed by atoms with van der Waals surface area (Å²) >= 11 is 1.19. The van der Waals surface area contributed by atoms with Crippen LogP contribution < -0.4 is 20.1 Å². The van der Waals surface area contributed by atoms with E-state index in [4.69, 9.17) is 4.74 Å². The molecule has 1 fully saturated rings. The topological polar surface area (TPSA) is 81.7 Å². The van der Waals surface area contributed by atoms with Gasteiger partial charge in [0, 0.05) is 19.2 Å². The van der Waals surface area contributed by atoms with Gasteiger partial charge in [-0.1, -0.05) is 11.3 Å². The number of fused-ring (bicyclic) bond motifs is 2. The number of methoxy groups -OCH3 is 1. The lowest BCUT2D eigenvalue weighted by Crippen LogP contribution is -2.47. The van der Waals surface area contributed by atoms with Crippen molar-refractivity contribution < 1.29 is 27.8 Å². The Labute approximate surface area is 151 Å². The molecule has 2 aliphatic heterocycles. The largest absolute Gasteiger partial charge is 0.586 e.